The molecule has 0 spiro atoms. The van der Waals surface area contributed by atoms with Crippen molar-refractivity contribution in [2.75, 3.05) is 6.54 Å². The van der Waals surface area contributed by atoms with Crippen LogP contribution >= 0.6 is 0 Å². The standard InChI is InChI=1S/C16H33NO/c1-3-5-7-9-12-15(11-8-6-4-2)16-13-10-14-17(16)18/h15-16,18H,3-14H2,1-2H3. The van der Waals surface area contributed by atoms with Crippen LogP contribution < -0.4 is 0 Å². The average Bonchev–Trinajstić information content (AvgIpc) is 2.79. The molecular weight excluding hydrogens is 222 g/mol. The van der Waals surface area contributed by atoms with Gasteiger partial charge in [0, 0.05) is 12.6 Å². The van der Waals surface area contributed by atoms with Crippen molar-refractivity contribution < 1.29 is 5.21 Å². The van der Waals surface area contributed by atoms with Crippen molar-refractivity contribution in [3.63, 3.8) is 0 Å². The molecule has 2 heteroatoms. The summed E-state index contributed by atoms with van der Waals surface area (Å²) in [7, 11) is 0. The highest BCUT2D eigenvalue weighted by Gasteiger charge is 2.29. The third-order valence-electron chi connectivity index (χ3n) is 4.42. The van der Waals surface area contributed by atoms with Crippen LogP contribution in [-0.2, 0) is 0 Å². The van der Waals surface area contributed by atoms with Crippen molar-refractivity contribution in [2.24, 2.45) is 5.92 Å². The highest BCUT2D eigenvalue weighted by atomic mass is 16.5. The van der Waals surface area contributed by atoms with E-state index in [-0.39, 0.29) is 0 Å². The van der Waals surface area contributed by atoms with Gasteiger partial charge in [0.15, 0.2) is 0 Å². The maximum Gasteiger partial charge on any atom is 0.0378 e. The van der Waals surface area contributed by atoms with Gasteiger partial charge in [-0.3, -0.25) is 0 Å². The Morgan fingerprint density at radius 2 is 1.61 bits per heavy atom. The van der Waals surface area contributed by atoms with Gasteiger partial charge in [0.1, 0.15) is 0 Å². The number of nitrogens with zero attached hydrogens (tertiary/aromatic N) is 1. The average molecular weight is 255 g/mol. The third kappa shape index (κ3) is 5.71. The van der Waals surface area contributed by atoms with Crippen molar-refractivity contribution in [3.8, 4) is 0 Å². The number of unbranched alkanes of at least 4 members (excludes halogenated alkanes) is 5. The largest absolute Gasteiger partial charge is 0.314 e. The molecule has 1 N–H and O–H groups in total. The second-order valence-corrected chi connectivity index (χ2v) is 5.98. The molecule has 0 aromatic rings. The zero-order chi connectivity index (χ0) is 13.2. The maximum atomic E-state index is 9.95. The lowest BCUT2D eigenvalue weighted by molar-refractivity contribution is -0.119. The van der Waals surface area contributed by atoms with E-state index >= 15 is 0 Å². The summed E-state index contributed by atoms with van der Waals surface area (Å²) in [5, 5.41) is 11.6. The molecule has 2 atom stereocenters. The highest BCUT2D eigenvalue weighted by molar-refractivity contribution is 4.80. The summed E-state index contributed by atoms with van der Waals surface area (Å²) in [5.41, 5.74) is 0. The highest BCUT2D eigenvalue weighted by Crippen LogP contribution is 2.30. The molecule has 0 aromatic heterocycles. The lowest BCUT2D eigenvalue weighted by Crippen LogP contribution is -2.33. The van der Waals surface area contributed by atoms with Crippen LogP contribution in [0.5, 0.6) is 0 Å². The Bertz CT molecular complexity index is 196. The van der Waals surface area contributed by atoms with Crippen LogP contribution in [-0.4, -0.2) is 22.9 Å². The van der Waals surface area contributed by atoms with Crippen LogP contribution in [0.25, 0.3) is 0 Å². The Labute approximate surface area is 114 Å². The predicted octanol–water partition coefficient (Wildman–Crippen LogP) is 5.01. The first-order chi connectivity index (χ1) is 8.79. The fourth-order valence-electron chi connectivity index (χ4n) is 3.28. The summed E-state index contributed by atoms with van der Waals surface area (Å²) in [6.45, 7) is 5.43. The van der Waals surface area contributed by atoms with Crippen molar-refractivity contribution in [2.45, 2.75) is 90.5 Å². The van der Waals surface area contributed by atoms with Gasteiger partial charge in [-0.25, -0.2) is 0 Å². The molecule has 1 heterocycles. The van der Waals surface area contributed by atoms with E-state index in [9.17, 15) is 5.21 Å². The van der Waals surface area contributed by atoms with Crippen LogP contribution in [0.15, 0.2) is 0 Å². The molecule has 2 unspecified atom stereocenters. The van der Waals surface area contributed by atoms with Gasteiger partial charge in [0.05, 0.1) is 0 Å². The lowest BCUT2D eigenvalue weighted by atomic mass is 9.87. The van der Waals surface area contributed by atoms with Crippen molar-refractivity contribution in [1.29, 1.82) is 0 Å². The van der Waals surface area contributed by atoms with E-state index in [1.807, 2.05) is 0 Å². The van der Waals surface area contributed by atoms with E-state index in [2.05, 4.69) is 13.8 Å². The third-order valence-corrected chi connectivity index (χ3v) is 4.42. The van der Waals surface area contributed by atoms with Crippen LogP contribution in [0.3, 0.4) is 0 Å². The number of hydrogen-bond donors (Lipinski definition) is 1. The maximum absolute atomic E-state index is 9.95. The van der Waals surface area contributed by atoms with Gasteiger partial charge in [-0.15, -0.1) is 0 Å². The van der Waals surface area contributed by atoms with Crippen molar-refractivity contribution >= 4 is 0 Å². The first-order valence-corrected chi connectivity index (χ1v) is 8.25. The molecule has 1 aliphatic rings. The van der Waals surface area contributed by atoms with Crippen LogP contribution in [0.1, 0.15) is 84.5 Å². The Hall–Kier alpha value is -0.0800. The Morgan fingerprint density at radius 3 is 2.17 bits per heavy atom. The van der Waals surface area contributed by atoms with Crippen LogP contribution in [0.2, 0.25) is 0 Å². The monoisotopic (exact) mass is 255 g/mol. The molecular formula is C16H33NO. The Balaban J connectivity index is 2.31. The minimum atomic E-state index is 0.462. The lowest BCUT2D eigenvalue weighted by Gasteiger charge is -2.28. The topological polar surface area (TPSA) is 23.5 Å². The van der Waals surface area contributed by atoms with Gasteiger partial charge in [-0.05, 0) is 31.6 Å². The summed E-state index contributed by atoms with van der Waals surface area (Å²) in [6.07, 6.45) is 14.5. The number of rotatable bonds is 10. The fourth-order valence-corrected chi connectivity index (χ4v) is 3.28. The van der Waals surface area contributed by atoms with Gasteiger partial charge in [-0.2, -0.15) is 5.06 Å². The van der Waals surface area contributed by atoms with Gasteiger partial charge in [0.2, 0.25) is 0 Å². The summed E-state index contributed by atoms with van der Waals surface area (Å²) in [4.78, 5) is 0. The molecule has 18 heavy (non-hydrogen) atoms. The molecule has 108 valence electrons. The minimum absolute atomic E-state index is 0.462. The quantitative estimate of drug-likeness (QED) is 0.555. The summed E-state index contributed by atoms with van der Waals surface area (Å²) in [5.74, 6) is 0.737. The van der Waals surface area contributed by atoms with Gasteiger partial charge in [-0.1, -0.05) is 58.8 Å². The van der Waals surface area contributed by atoms with Crippen LogP contribution in [0, 0.1) is 5.92 Å². The number of hydroxylamine groups is 2. The molecule has 0 amide bonds. The SMILES string of the molecule is CCCCCCC(CCCCC)C1CCCN1O. The number of hydrogen-bond acceptors (Lipinski definition) is 2. The zero-order valence-electron chi connectivity index (χ0n) is 12.5. The van der Waals surface area contributed by atoms with E-state index in [0.29, 0.717) is 6.04 Å². The second-order valence-electron chi connectivity index (χ2n) is 5.98. The molecule has 0 radical (unpaired) electrons. The Kier molecular flexibility index (Phi) is 8.70. The van der Waals surface area contributed by atoms with Crippen molar-refractivity contribution in [1.82, 2.24) is 5.06 Å². The molecule has 1 saturated heterocycles. The molecule has 1 rings (SSSR count). The van der Waals surface area contributed by atoms with E-state index < -0.39 is 0 Å². The van der Waals surface area contributed by atoms with Gasteiger partial charge in [0.25, 0.3) is 0 Å². The molecule has 0 aromatic carbocycles. The molecule has 0 aliphatic carbocycles. The minimum Gasteiger partial charge on any atom is -0.314 e. The summed E-state index contributed by atoms with van der Waals surface area (Å²) in [6, 6.07) is 0.462. The second kappa shape index (κ2) is 9.80. The summed E-state index contributed by atoms with van der Waals surface area (Å²) >= 11 is 0. The first-order valence-electron chi connectivity index (χ1n) is 8.25. The van der Waals surface area contributed by atoms with Crippen LogP contribution in [0.4, 0.5) is 0 Å². The van der Waals surface area contributed by atoms with Gasteiger partial charge >= 0.3 is 0 Å². The van der Waals surface area contributed by atoms with Gasteiger partial charge < -0.3 is 5.21 Å². The molecule has 1 fully saturated rings. The van der Waals surface area contributed by atoms with E-state index in [1.165, 1.54) is 70.6 Å². The van der Waals surface area contributed by atoms with E-state index in [4.69, 9.17) is 0 Å². The molecule has 0 bridgehead atoms. The molecule has 0 saturated carbocycles. The smallest absolute Gasteiger partial charge is 0.0378 e. The zero-order valence-corrected chi connectivity index (χ0v) is 12.5. The predicted molar refractivity (Wildman–Crippen MR) is 77.9 cm³/mol. The first kappa shape index (κ1) is 16.0. The summed E-state index contributed by atoms with van der Waals surface area (Å²) < 4.78 is 0. The normalized spacial score (nSPS) is 22.5. The van der Waals surface area contributed by atoms with E-state index in [1.54, 1.807) is 5.06 Å². The fraction of sp³-hybridized carbons (Fsp3) is 1.00. The molecule has 1 aliphatic heterocycles. The van der Waals surface area contributed by atoms with E-state index in [0.717, 1.165) is 12.5 Å². The molecule has 2 nitrogen and oxygen atoms in total. The Morgan fingerprint density at radius 1 is 1.00 bits per heavy atom. The van der Waals surface area contributed by atoms with Crippen molar-refractivity contribution in [3.05, 3.63) is 0 Å².